The van der Waals surface area contributed by atoms with Crippen LogP contribution in [0.1, 0.15) is 17.2 Å². The minimum atomic E-state index is 0.997. The van der Waals surface area contributed by atoms with Gasteiger partial charge in [0.2, 0.25) is 0 Å². The fourth-order valence-corrected chi connectivity index (χ4v) is 1.38. The summed E-state index contributed by atoms with van der Waals surface area (Å²) in [6.07, 6.45) is 0. The molecular formula is C9H17N3. The van der Waals surface area contributed by atoms with Crippen molar-refractivity contribution in [2.75, 3.05) is 13.6 Å². The van der Waals surface area contributed by atoms with Crippen molar-refractivity contribution in [3.05, 3.63) is 17.2 Å². The lowest BCUT2D eigenvalue weighted by Crippen LogP contribution is -2.16. The lowest BCUT2D eigenvalue weighted by Gasteiger charge is -2.06. The summed E-state index contributed by atoms with van der Waals surface area (Å²) in [6, 6.07) is 0. The quantitative estimate of drug-likeness (QED) is 0.728. The van der Waals surface area contributed by atoms with E-state index >= 15 is 0 Å². The average Bonchev–Trinajstić information content (AvgIpc) is 2.25. The number of hydrogen-bond donors (Lipinski definition) is 1. The Morgan fingerprint density at radius 2 is 2.00 bits per heavy atom. The van der Waals surface area contributed by atoms with E-state index in [9.17, 15) is 0 Å². The van der Waals surface area contributed by atoms with Crippen molar-refractivity contribution in [3.8, 4) is 0 Å². The summed E-state index contributed by atoms with van der Waals surface area (Å²) in [7, 11) is 1.97. The van der Waals surface area contributed by atoms with E-state index < -0.39 is 0 Å². The molecule has 0 amide bonds. The number of nitrogens with zero attached hydrogens (tertiary/aromatic N) is 2. The number of likely N-dealkylation sites (N-methyl/N-ethyl adjacent to an activating group) is 1. The molecule has 0 aliphatic rings. The van der Waals surface area contributed by atoms with Gasteiger partial charge < -0.3 is 9.88 Å². The van der Waals surface area contributed by atoms with Crippen LogP contribution in [0.25, 0.3) is 0 Å². The van der Waals surface area contributed by atoms with Crippen LogP contribution in [-0.2, 0) is 6.54 Å². The number of hydrogen-bond acceptors (Lipinski definition) is 2. The van der Waals surface area contributed by atoms with Gasteiger partial charge in [0, 0.05) is 18.8 Å². The third-order valence-electron chi connectivity index (χ3n) is 2.23. The van der Waals surface area contributed by atoms with Gasteiger partial charge in [-0.3, -0.25) is 0 Å². The van der Waals surface area contributed by atoms with Crippen LogP contribution in [0.5, 0.6) is 0 Å². The van der Waals surface area contributed by atoms with E-state index in [4.69, 9.17) is 0 Å². The van der Waals surface area contributed by atoms with Crippen LogP contribution in [0, 0.1) is 20.8 Å². The van der Waals surface area contributed by atoms with E-state index in [-0.39, 0.29) is 0 Å². The summed E-state index contributed by atoms with van der Waals surface area (Å²) in [5.41, 5.74) is 2.42. The fourth-order valence-electron chi connectivity index (χ4n) is 1.38. The van der Waals surface area contributed by atoms with Crippen LogP contribution < -0.4 is 5.32 Å². The number of aryl methyl sites for hydroxylation is 2. The molecule has 0 saturated heterocycles. The molecule has 0 saturated carbocycles. The normalized spacial score (nSPS) is 10.7. The zero-order valence-corrected chi connectivity index (χ0v) is 8.31. The molecule has 68 valence electrons. The van der Waals surface area contributed by atoms with Crippen LogP contribution in [-0.4, -0.2) is 23.1 Å². The first-order valence-corrected chi connectivity index (χ1v) is 4.31. The van der Waals surface area contributed by atoms with Crippen LogP contribution >= 0.6 is 0 Å². The van der Waals surface area contributed by atoms with E-state index in [1.165, 1.54) is 5.69 Å². The Bertz CT molecular complexity index is 263. The van der Waals surface area contributed by atoms with Crippen molar-refractivity contribution in [2.45, 2.75) is 27.3 Å². The van der Waals surface area contributed by atoms with Crippen LogP contribution in [0.4, 0.5) is 0 Å². The smallest absolute Gasteiger partial charge is 0.106 e. The minimum absolute atomic E-state index is 0.997. The molecule has 1 heterocycles. The van der Waals surface area contributed by atoms with E-state index in [1.807, 2.05) is 7.05 Å². The molecule has 3 heteroatoms. The van der Waals surface area contributed by atoms with Crippen molar-refractivity contribution >= 4 is 0 Å². The van der Waals surface area contributed by atoms with Crippen LogP contribution in [0.15, 0.2) is 0 Å². The Labute approximate surface area is 73.8 Å². The zero-order valence-electron chi connectivity index (χ0n) is 8.31. The fraction of sp³-hybridized carbons (Fsp3) is 0.667. The molecular weight excluding hydrogens is 150 g/mol. The molecule has 0 aliphatic carbocycles. The standard InChI is InChI=1S/C9H17N3/c1-7-8(2)12(6-5-10-4)9(3)11-7/h10H,5-6H2,1-4H3. The zero-order chi connectivity index (χ0) is 9.14. The molecule has 0 radical (unpaired) electrons. The topological polar surface area (TPSA) is 29.9 Å². The summed E-state index contributed by atoms with van der Waals surface area (Å²) >= 11 is 0. The molecule has 3 nitrogen and oxygen atoms in total. The predicted molar refractivity (Wildman–Crippen MR) is 50.4 cm³/mol. The average molecular weight is 167 g/mol. The first-order valence-electron chi connectivity index (χ1n) is 4.31. The first kappa shape index (κ1) is 9.26. The Balaban J connectivity index is 2.82. The SMILES string of the molecule is CNCCn1c(C)nc(C)c1C. The summed E-state index contributed by atoms with van der Waals surface area (Å²) in [6.45, 7) is 8.23. The summed E-state index contributed by atoms with van der Waals surface area (Å²) in [5, 5.41) is 3.13. The van der Waals surface area contributed by atoms with E-state index in [1.54, 1.807) is 0 Å². The molecule has 0 fully saturated rings. The second-order valence-electron chi connectivity index (χ2n) is 3.09. The lowest BCUT2D eigenvalue weighted by atomic mass is 10.4. The molecule has 0 bridgehead atoms. The lowest BCUT2D eigenvalue weighted by molar-refractivity contribution is 0.617. The third-order valence-corrected chi connectivity index (χ3v) is 2.23. The second-order valence-corrected chi connectivity index (χ2v) is 3.09. The van der Waals surface area contributed by atoms with Crippen molar-refractivity contribution in [1.29, 1.82) is 0 Å². The van der Waals surface area contributed by atoms with E-state index in [0.717, 1.165) is 24.6 Å². The minimum Gasteiger partial charge on any atom is -0.331 e. The highest BCUT2D eigenvalue weighted by Crippen LogP contribution is 2.08. The van der Waals surface area contributed by atoms with Gasteiger partial charge in [0.05, 0.1) is 5.69 Å². The molecule has 0 aliphatic heterocycles. The molecule has 0 atom stereocenters. The van der Waals surface area contributed by atoms with Gasteiger partial charge in [-0.15, -0.1) is 0 Å². The molecule has 0 aromatic carbocycles. The van der Waals surface area contributed by atoms with Crippen LogP contribution in [0.3, 0.4) is 0 Å². The summed E-state index contributed by atoms with van der Waals surface area (Å²) < 4.78 is 2.24. The number of rotatable bonds is 3. The number of nitrogens with one attached hydrogen (secondary N) is 1. The predicted octanol–water partition coefficient (Wildman–Crippen LogP) is 1.03. The maximum Gasteiger partial charge on any atom is 0.106 e. The Kier molecular flexibility index (Phi) is 2.87. The van der Waals surface area contributed by atoms with Gasteiger partial charge in [-0.05, 0) is 27.8 Å². The highest BCUT2D eigenvalue weighted by Gasteiger charge is 2.05. The van der Waals surface area contributed by atoms with Crippen molar-refractivity contribution in [1.82, 2.24) is 14.9 Å². The molecule has 1 N–H and O–H groups in total. The van der Waals surface area contributed by atoms with Gasteiger partial charge in [-0.25, -0.2) is 4.98 Å². The summed E-state index contributed by atoms with van der Waals surface area (Å²) in [4.78, 5) is 4.40. The largest absolute Gasteiger partial charge is 0.331 e. The van der Waals surface area contributed by atoms with Gasteiger partial charge in [0.15, 0.2) is 0 Å². The second kappa shape index (κ2) is 3.72. The van der Waals surface area contributed by atoms with Crippen LogP contribution in [0.2, 0.25) is 0 Å². The molecule has 1 aromatic heterocycles. The van der Waals surface area contributed by atoms with Gasteiger partial charge in [0.25, 0.3) is 0 Å². The van der Waals surface area contributed by atoms with Gasteiger partial charge in [0.1, 0.15) is 5.82 Å². The Hall–Kier alpha value is -0.830. The van der Waals surface area contributed by atoms with Gasteiger partial charge in [-0.2, -0.15) is 0 Å². The third kappa shape index (κ3) is 1.67. The summed E-state index contributed by atoms with van der Waals surface area (Å²) in [5.74, 6) is 1.11. The van der Waals surface area contributed by atoms with E-state index in [0.29, 0.717) is 0 Å². The molecule has 0 spiro atoms. The van der Waals surface area contributed by atoms with Crippen molar-refractivity contribution in [2.24, 2.45) is 0 Å². The Morgan fingerprint density at radius 3 is 2.42 bits per heavy atom. The number of imidazole rings is 1. The van der Waals surface area contributed by atoms with E-state index in [2.05, 4.69) is 35.6 Å². The van der Waals surface area contributed by atoms with Crippen molar-refractivity contribution in [3.63, 3.8) is 0 Å². The van der Waals surface area contributed by atoms with Gasteiger partial charge in [-0.1, -0.05) is 0 Å². The number of aromatic nitrogens is 2. The highest BCUT2D eigenvalue weighted by molar-refractivity contribution is 5.13. The van der Waals surface area contributed by atoms with Crippen molar-refractivity contribution < 1.29 is 0 Å². The van der Waals surface area contributed by atoms with Gasteiger partial charge >= 0.3 is 0 Å². The highest BCUT2D eigenvalue weighted by atomic mass is 15.1. The maximum atomic E-state index is 4.40. The molecule has 0 unspecified atom stereocenters. The molecule has 1 aromatic rings. The monoisotopic (exact) mass is 167 g/mol. The first-order chi connectivity index (χ1) is 5.66. The molecule has 1 rings (SSSR count). The molecule has 12 heavy (non-hydrogen) atoms. The maximum absolute atomic E-state index is 4.40. The Morgan fingerprint density at radius 1 is 1.33 bits per heavy atom.